The van der Waals surface area contributed by atoms with E-state index in [9.17, 15) is 25.9 Å². The topological polar surface area (TPSA) is 133 Å². The molecule has 0 aromatic rings. The van der Waals surface area contributed by atoms with Crippen LogP contribution < -0.4 is 37.7 Å². The third-order valence-corrected chi connectivity index (χ3v) is 1.72. The third-order valence-electron chi connectivity index (χ3n) is 0.729. The van der Waals surface area contributed by atoms with E-state index in [1.165, 1.54) is 0 Å². The van der Waals surface area contributed by atoms with Crippen LogP contribution in [0.4, 0.5) is 0 Å². The molecule has 0 aromatic carbocycles. The zero-order chi connectivity index (χ0) is 10.7. The normalized spacial score (nSPS) is 13.5. The van der Waals surface area contributed by atoms with E-state index in [1.54, 1.807) is 0 Å². The van der Waals surface area contributed by atoms with Crippen LogP contribution in [-0.4, -0.2) is 38.7 Å². The Labute approximate surface area is 112 Å². The maximum atomic E-state index is 9.91. The fraction of sp³-hybridized carbons (Fsp3) is 1.00. The van der Waals surface area contributed by atoms with Gasteiger partial charge in [0.1, 0.15) is 0 Å². The first-order chi connectivity index (χ1) is 5.60. The molecule has 8 nitrogen and oxygen atoms in total. The SMILES string of the molecule is CC(COS(=O)(=O)[O-])OS(=O)(=O)[O-].[Li+].[Li+]. The molecule has 12 heteroatoms. The summed E-state index contributed by atoms with van der Waals surface area (Å²) in [5.74, 6) is 0. The monoisotopic (exact) mass is 248 g/mol. The van der Waals surface area contributed by atoms with E-state index in [0.717, 1.165) is 6.92 Å². The van der Waals surface area contributed by atoms with Gasteiger partial charge in [-0.3, -0.25) is 8.37 Å². The van der Waals surface area contributed by atoms with Gasteiger partial charge in [-0.2, -0.15) is 0 Å². The van der Waals surface area contributed by atoms with Gasteiger partial charge >= 0.3 is 37.7 Å². The first-order valence-electron chi connectivity index (χ1n) is 2.84. The summed E-state index contributed by atoms with van der Waals surface area (Å²) < 4.78 is 66.6. The molecule has 0 N–H and O–H groups in total. The maximum Gasteiger partial charge on any atom is 1.00 e. The van der Waals surface area contributed by atoms with Gasteiger partial charge in [0.2, 0.25) is 20.8 Å². The number of hydrogen-bond acceptors (Lipinski definition) is 8. The van der Waals surface area contributed by atoms with Crippen LogP contribution in [0.5, 0.6) is 0 Å². The second-order valence-electron chi connectivity index (χ2n) is 2.01. The first-order valence-corrected chi connectivity index (χ1v) is 5.51. The largest absolute Gasteiger partial charge is 1.00 e. The van der Waals surface area contributed by atoms with Crippen molar-refractivity contribution in [1.82, 2.24) is 0 Å². The van der Waals surface area contributed by atoms with Gasteiger partial charge in [-0.1, -0.05) is 0 Å². The van der Waals surface area contributed by atoms with Crippen LogP contribution in [0.1, 0.15) is 6.92 Å². The second kappa shape index (κ2) is 8.09. The molecule has 80 valence electrons. The summed E-state index contributed by atoms with van der Waals surface area (Å²) >= 11 is 0. The van der Waals surface area contributed by atoms with E-state index in [2.05, 4.69) is 8.37 Å². The molecule has 0 aliphatic carbocycles. The average Bonchev–Trinajstić information content (AvgIpc) is 1.78. The maximum absolute atomic E-state index is 9.91. The van der Waals surface area contributed by atoms with Gasteiger partial charge in [-0.15, -0.1) is 0 Å². The fourth-order valence-electron chi connectivity index (χ4n) is 0.408. The van der Waals surface area contributed by atoms with Crippen LogP contribution in [0.2, 0.25) is 0 Å². The van der Waals surface area contributed by atoms with E-state index in [1.807, 2.05) is 0 Å². The Morgan fingerprint density at radius 1 is 1.07 bits per heavy atom. The molecule has 0 aliphatic rings. The van der Waals surface area contributed by atoms with Crippen molar-refractivity contribution in [2.75, 3.05) is 6.61 Å². The smallest absolute Gasteiger partial charge is 0.726 e. The molecule has 0 saturated carbocycles. The summed E-state index contributed by atoms with van der Waals surface area (Å²) in [6, 6.07) is 0. The average molecular weight is 248 g/mol. The Morgan fingerprint density at radius 3 is 1.73 bits per heavy atom. The van der Waals surface area contributed by atoms with Gasteiger partial charge < -0.3 is 9.11 Å². The van der Waals surface area contributed by atoms with Crippen molar-refractivity contribution in [2.45, 2.75) is 13.0 Å². The summed E-state index contributed by atoms with van der Waals surface area (Å²) in [6.07, 6.45) is -1.33. The Balaban J connectivity index is -0.000000720. The third kappa shape index (κ3) is 17.5. The first kappa shape index (κ1) is 21.2. The summed E-state index contributed by atoms with van der Waals surface area (Å²) in [7, 11) is -9.82. The predicted molar refractivity (Wildman–Crippen MR) is 35.9 cm³/mol. The summed E-state index contributed by atoms with van der Waals surface area (Å²) in [6.45, 7) is 0.230. The second-order valence-corrected chi connectivity index (χ2v) is 4.07. The van der Waals surface area contributed by atoms with Crippen molar-refractivity contribution in [2.24, 2.45) is 0 Å². The Bertz CT molecular complexity index is 346. The minimum atomic E-state index is -4.92. The van der Waals surface area contributed by atoms with Gasteiger partial charge in [0, 0.05) is 0 Å². The zero-order valence-electron chi connectivity index (χ0n) is 8.37. The molecule has 0 aliphatic heterocycles. The van der Waals surface area contributed by atoms with Crippen molar-refractivity contribution in [3.05, 3.63) is 0 Å². The molecule has 15 heavy (non-hydrogen) atoms. The molecule has 1 unspecified atom stereocenters. The van der Waals surface area contributed by atoms with Crippen LogP contribution in [0.3, 0.4) is 0 Å². The van der Waals surface area contributed by atoms with Crippen molar-refractivity contribution >= 4 is 20.8 Å². The van der Waals surface area contributed by atoms with Crippen molar-refractivity contribution < 1.29 is 72.0 Å². The van der Waals surface area contributed by atoms with Crippen molar-refractivity contribution in [3.8, 4) is 0 Å². The molecular weight excluding hydrogens is 242 g/mol. The minimum absolute atomic E-state index is 0. The molecular formula is C3H6Li2O8S2. The molecule has 0 bridgehead atoms. The van der Waals surface area contributed by atoms with Gasteiger partial charge in [0.25, 0.3) is 0 Å². The molecule has 0 radical (unpaired) electrons. The van der Waals surface area contributed by atoms with Crippen molar-refractivity contribution in [3.63, 3.8) is 0 Å². The van der Waals surface area contributed by atoms with Gasteiger partial charge in [-0.05, 0) is 6.92 Å². The molecule has 1 atom stereocenters. The van der Waals surface area contributed by atoms with Crippen LogP contribution in [0.15, 0.2) is 0 Å². The van der Waals surface area contributed by atoms with E-state index >= 15 is 0 Å². The Kier molecular flexibility index (Phi) is 11.5. The summed E-state index contributed by atoms with van der Waals surface area (Å²) in [4.78, 5) is 0. The Hall–Kier alpha value is 0.935. The zero-order valence-corrected chi connectivity index (χ0v) is 10.00. The summed E-state index contributed by atoms with van der Waals surface area (Å²) in [5, 5.41) is 0. The predicted octanol–water partition coefficient (Wildman–Crippen LogP) is -7.66. The van der Waals surface area contributed by atoms with E-state index < -0.39 is 33.5 Å². The van der Waals surface area contributed by atoms with Crippen LogP contribution >= 0.6 is 0 Å². The van der Waals surface area contributed by atoms with E-state index in [4.69, 9.17) is 0 Å². The number of rotatable bonds is 5. The van der Waals surface area contributed by atoms with Crippen LogP contribution in [0, 0.1) is 0 Å². The molecule has 0 amide bonds. The molecule has 0 spiro atoms. The van der Waals surface area contributed by atoms with Gasteiger partial charge in [0.05, 0.1) is 12.7 Å². The molecule has 0 fully saturated rings. The fourth-order valence-corrected chi connectivity index (χ4v) is 1.22. The molecule has 0 rings (SSSR count). The quantitative estimate of drug-likeness (QED) is 0.266. The standard InChI is InChI=1S/C3H8O8S2.2Li/c1-3(11-13(7,8)9)2-10-12(4,5)6;;/h3H,2H2,1H3,(H,4,5,6)(H,7,8,9);;/q;2*+1/p-2. The molecule has 0 heterocycles. The van der Waals surface area contributed by atoms with Crippen molar-refractivity contribution in [1.29, 1.82) is 0 Å². The Morgan fingerprint density at radius 2 is 1.47 bits per heavy atom. The minimum Gasteiger partial charge on any atom is -0.726 e. The number of hydrogen-bond donors (Lipinski definition) is 0. The van der Waals surface area contributed by atoms with Crippen LogP contribution in [0.25, 0.3) is 0 Å². The van der Waals surface area contributed by atoms with E-state index in [0.29, 0.717) is 0 Å². The van der Waals surface area contributed by atoms with Crippen LogP contribution in [-0.2, 0) is 29.2 Å². The molecule has 0 aromatic heterocycles. The van der Waals surface area contributed by atoms with E-state index in [-0.39, 0.29) is 37.7 Å². The van der Waals surface area contributed by atoms with Gasteiger partial charge in [0.15, 0.2) is 0 Å². The van der Waals surface area contributed by atoms with Gasteiger partial charge in [-0.25, -0.2) is 16.8 Å². The molecule has 0 saturated heterocycles. The summed E-state index contributed by atoms with van der Waals surface area (Å²) in [5.41, 5.74) is 0.